The Morgan fingerprint density at radius 3 is 2.65 bits per heavy atom. The number of aryl methyl sites for hydroxylation is 3. The van der Waals surface area contributed by atoms with Gasteiger partial charge in [0.1, 0.15) is 11.4 Å². The van der Waals surface area contributed by atoms with Crippen LogP contribution in [0.15, 0.2) is 24.3 Å². The molecule has 0 radical (unpaired) electrons. The molecule has 0 atom stereocenters. The molecule has 0 aliphatic heterocycles. The number of benzene rings is 1. The van der Waals surface area contributed by atoms with E-state index in [0.717, 1.165) is 35.4 Å². The van der Waals surface area contributed by atoms with E-state index in [2.05, 4.69) is 12.0 Å². The predicted molar refractivity (Wildman–Crippen MR) is 69.0 cm³/mol. The van der Waals surface area contributed by atoms with Gasteiger partial charge in [0.2, 0.25) is 0 Å². The highest BCUT2D eigenvalue weighted by atomic mass is 16.3. The van der Waals surface area contributed by atoms with Gasteiger partial charge in [0.05, 0.1) is 0 Å². The monoisotopic (exact) mass is 230 g/mol. The molecule has 3 heteroatoms. The average Bonchev–Trinajstić information content (AvgIpc) is 2.57. The molecular formula is C14H18N2O. The van der Waals surface area contributed by atoms with E-state index in [1.165, 1.54) is 0 Å². The van der Waals surface area contributed by atoms with E-state index < -0.39 is 0 Å². The molecule has 0 saturated heterocycles. The summed E-state index contributed by atoms with van der Waals surface area (Å²) in [7, 11) is 1.88. The van der Waals surface area contributed by atoms with Crippen molar-refractivity contribution in [3.05, 3.63) is 35.5 Å². The van der Waals surface area contributed by atoms with Gasteiger partial charge in [-0.15, -0.1) is 0 Å². The Morgan fingerprint density at radius 1 is 1.29 bits per heavy atom. The Bertz CT molecular complexity index is 529. The lowest BCUT2D eigenvalue weighted by atomic mass is 10.0. The van der Waals surface area contributed by atoms with Crippen molar-refractivity contribution in [3.63, 3.8) is 0 Å². The highest BCUT2D eigenvalue weighted by Gasteiger charge is 2.17. The third-order valence-corrected chi connectivity index (χ3v) is 2.98. The molecule has 0 unspecified atom stereocenters. The van der Waals surface area contributed by atoms with Crippen LogP contribution in [0.4, 0.5) is 0 Å². The Morgan fingerprint density at radius 2 is 2.00 bits per heavy atom. The summed E-state index contributed by atoms with van der Waals surface area (Å²) in [5.41, 5.74) is 3.79. The van der Waals surface area contributed by atoms with Gasteiger partial charge in [-0.25, -0.2) is 0 Å². The molecule has 90 valence electrons. The van der Waals surface area contributed by atoms with Gasteiger partial charge in [-0.3, -0.25) is 4.68 Å². The number of hydrogen-bond acceptors (Lipinski definition) is 2. The zero-order valence-electron chi connectivity index (χ0n) is 10.6. The Kier molecular flexibility index (Phi) is 3.18. The molecule has 2 rings (SSSR count). The van der Waals surface area contributed by atoms with Crippen LogP contribution >= 0.6 is 0 Å². The molecule has 1 N–H and O–H groups in total. The van der Waals surface area contributed by atoms with Gasteiger partial charge < -0.3 is 5.11 Å². The Balaban J connectivity index is 2.56. The third-order valence-electron chi connectivity index (χ3n) is 2.98. The standard InChI is InChI=1S/C14H18N2O/c1-4-7-12-14(17)13(16(3)15-12)11-9-6-5-8-10(11)2/h5-6,8-9,17H,4,7H2,1-3H3. The van der Waals surface area contributed by atoms with Crippen molar-refractivity contribution in [3.8, 4) is 17.0 Å². The second-order valence-electron chi connectivity index (χ2n) is 4.33. The molecule has 0 fully saturated rings. The van der Waals surface area contributed by atoms with Crippen LogP contribution in [-0.4, -0.2) is 14.9 Å². The van der Waals surface area contributed by atoms with E-state index in [0.29, 0.717) is 5.75 Å². The summed E-state index contributed by atoms with van der Waals surface area (Å²) < 4.78 is 1.77. The van der Waals surface area contributed by atoms with Crippen LogP contribution in [0.2, 0.25) is 0 Å². The normalized spacial score (nSPS) is 10.8. The van der Waals surface area contributed by atoms with E-state index in [1.54, 1.807) is 4.68 Å². The second kappa shape index (κ2) is 4.62. The molecule has 0 bridgehead atoms. The number of hydrogen-bond donors (Lipinski definition) is 1. The summed E-state index contributed by atoms with van der Waals surface area (Å²) in [6, 6.07) is 8.04. The first kappa shape index (κ1) is 11.7. The molecule has 3 nitrogen and oxygen atoms in total. The van der Waals surface area contributed by atoms with E-state index >= 15 is 0 Å². The van der Waals surface area contributed by atoms with Crippen molar-refractivity contribution < 1.29 is 5.11 Å². The highest BCUT2D eigenvalue weighted by Crippen LogP contribution is 2.33. The fourth-order valence-corrected chi connectivity index (χ4v) is 2.11. The number of aromatic hydroxyl groups is 1. The van der Waals surface area contributed by atoms with Crippen LogP contribution in [0.3, 0.4) is 0 Å². The molecular weight excluding hydrogens is 212 g/mol. The number of nitrogens with zero attached hydrogens (tertiary/aromatic N) is 2. The summed E-state index contributed by atoms with van der Waals surface area (Å²) in [6.45, 7) is 4.13. The molecule has 1 heterocycles. The van der Waals surface area contributed by atoms with Crippen molar-refractivity contribution in [1.82, 2.24) is 9.78 Å². The van der Waals surface area contributed by atoms with Gasteiger partial charge in [-0.05, 0) is 18.9 Å². The second-order valence-corrected chi connectivity index (χ2v) is 4.33. The number of rotatable bonds is 3. The molecule has 0 saturated carbocycles. The molecule has 0 spiro atoms. The quantitative estimate of drug-likeness (QED) is 0.880. The molecule has 1 aromatic heterocycles. The zero-order chi connectivity index (χ0) is 12.4. The van der Waals surface area contributed by atoms with Gasteiger partial charge in [0.25, 0.3) is 0 Å². The number of aromatic nitrogens is 2. The van der Waals surface area contributed by atoms with Crippen LogP contribution in [0.5, 0.6) is 5.75 Å². The van der Waals surface area contributed by atoms with Crippen molar-refractivity contribution in [2.75, 3.05) is 0 Å². The lowest BCUT2D eigenvalue weighted by Gasteiger charge is -2.06. The van der Waals surface area contributed by atoms with Crippen molar-refractivity contribution >= 4 is 0 Å². The van der Waals surface area contributed by atoms with Crippen molar-refractivity contribution in [2.24, 2.45) is 7.05 Å². The SMILES string of the molecule is CCCc1nn(C)c(-c2ccccc2C)c1O. The van der Waals surface area contributed by atoms with E-state index in [9.17, 15) is 5.11 Å². The molecule has 17 heavy (non-hydrogen) atoms. The van der Waals surface area contributed by atoms with E-state index in [1.807, 2.05) is 38.2 Å². The van der Waals surface area contributed by atoms with Crippen LogP contribution in [0.1, 0.15) is 24.6 Å². The Hall–Kier alpha value is -1.77. The molecule has 0 amide bonds. The first-order valence-electron chi connectivity index (χ1n) is 5.96. The molecule has 0 aliphatic rings. The first-order chi connectivity index (χ1) is 8.15. The van der Waals surface area contributed by atoms with E-state index in [-0.39, 0.29) is 0 Å². The third kappa shape index (κ3) is 2.05. The fourth-order valence-electron chi connectivity index (χ4n) is 2.11. The summed E-state index contributed by atoms with van der Waals surface area (Å²) in [4.78, 5) is 0. The molecule has 0 aliphatic carbocycles. The Labute approximate surface area is 102 Å². The fraction of sp³-hybridized carbons (Fsp3) is 0.357. The van der Waals surface area contributed by atoms with Crippen LogP contribution < -0.4 is 0 Å². The van der Waals surface area contributed by atoms with Crippen LogP contribution in [0, 0.1) is 6.92 Å². The largest absolute Gasteiger partial charge is 0.504 e. The predicted octanol–water partition coefficient (Wildman–Crippen LogP) is 3.05. The van der Waals surface area contributed by atoms with E-state index in [4.69, 9.17) is 0 Å². The van der Waals surface area contributed by atoms with Gasteiger partial charge in [-0.2, -0.15) is 5.10 Å². The van der Waals surface area contributed by atoms with Gasteiger partial charge in [-0.1, -0.05) is 37.6 Å². The maximum atomic E-state index is 10.2. The zero-order valence-corrected chi connectivity index (χ0v) is 10.6. The van der Waals surface area contributed by atoms with Gasteiger partial charge in [0.15, 0.2) is 5.75 Å². The summed E-state index contributed by atoms with van der Waals surface area (Å²) in [5.74, 6) is 0.323. The van der Waals surface area contributed by atoms with Gasteiger partial charge >= 0.3 is 0 Å². The summed E-state index contributed by atoms with van der Waals surface area (Å²) >= 11 is 0. The summed E-state index contributed by atoms with van der Waals surface area (Å²) in [5, 5.41) is 14.6. The minimum absolute atomic E-state index is 0.323. The van der Waals surface area contributed by atoms with Gasteiger partial charge in [0, 0.05) is 12.6 Å². The average molecular weight is 230 g/mol. The maximum absolute atomic E-state index is 10.2. The molecule has 2 aromatic rings. The molecule has 1 aromatic carbocycles. The highest BCUT2D eigenvalue weighted by molar-refractivity contribution is 5.70. The summed E-state index contributed by atoms with van der Waals surface area (Å²) in [6.07, 6.45) is 1.79. The lowest BCUT2D eigenvalue weighted by Crippen LogP contribution is -1.95. The lowest BCUT2D eigenvalue weighted by molar-refractivity contribution is 0.469. The topological polar surface area (TPSA) is 38.0 Å². The first-order valence-corrected chi connectivity index (χ1v) is 5.96. The van der Waals surface area contributed by atoms with Crippen molar-refractivity contribution in [1.29, 1.82) is 0 Å². The van der Waals surface area contributed by atoms with Crippen molar-refractivity contribution in [2.45, 2.75) is 26.7 Å². The minimum Gasteiger partial charge on any atom is -0.504 e. The minimum atomic E-state index is 0.323. The maximum Gasteiger partial charge on any atom is 0.164 e. The van der Waals surface area contributed by atoms with Crippen LogP contribution in [-0.2, 0) is 13.5 Å². The van der Waals surface area contributed by atoms with Crippen LogP contribution in [0.25, 0.3) is 11.3 Å². The smallest absolute Gasteiger partial charge is 0.164 e.